The third-order valence-electron chi connectivity index (χ3n) is 2.80. The predicted octanol–water partition coefficient (Wildman–Crippen LogP) is 3.31. The standard InChI is InChI=1S/C14H13F3N2O/c1-20-14-6-13(11(17)5-12(14)18)19-7-8-2-3-9(15)4-10(8)16/h2-6,19H,7,18H2,1H3. The quantitative estimate of drug-likeness (QED) is 0.846. The van der Waals surface area contributed by atoms with Gasteiger partial charge in [0.25, 0.3) is 0 Å². The molecule has 6 heteroatoms. The molecule has 2 aromatic carbocycles. The minimum atomic E-state index is -0.694. The SMILES string of the molecule is COc1cc(NCc2ccc(F)cc2F)c(F)cc1N. The zero-order valence-electron chi connectivity index (χ0n) is 10.7. The number of hydrogen-bond acceptors (Lipinski definition) is 3. The molecule has 0 spiro atoms. The highest BCUT2D eigenvalue weighted by molar-refractivity contribution is 5.62. The van der Waals surface area contributed by atoms with Crippen molar-refractivity contribution in [2.75, 3.05) is 18.2 Å². The lowest BCUT2D eigenvalue weighted by Crippen LogP contribution is -2.05. The molecule has 3 N–H and O–H groups in total. The number of ether oxygens (including phenoxy) is 1. The van der Waals surface area contributed by atoms with Crippen molar-refractivity contribution in [3.05, 3.63) is 53.3 Å². The summed E-state index contributed by atoms with van der Waals surface area (Å²) in [5.74, 6) is -1.62. The fourth-order valence-corrected chi connectivity index (χ4v) is 1.74. The molecule has 0 aliphatic heterocycles. The molecule has 0 atom stereocenters. The van der Waals surface area contributed by atoms with Crippen LogP contribution in [-0.2, 0) is 6.54 Å². The first-order valence-electron chi connectivity index (χ1n) is 5.82. The number of methoxy groups -OCH3 is 1. The molecule has 0 fully saturated rings. The van der Waals surface area contributed by atoms with Gasteiger partial charge in [-0.3, -0.25) is 0 Å². The van der Waals surface area contributed by atoms with Crippen LogP contribution in [0.1, 0.15) is 5.56 Å². The van der Waals surface area contributed by atoms with Gasteiger partial charge in [0.2, 0.25) is 0 Å². The Morgan fingerprint density at radius 2 is 1.85 bits per heavy atom. The zero-order valence-corrected chi connectivity index (χ0v) is 10.7. The van der Waals surface area contributed by atoms with Crippen molar-refractivity contribution in [1.29, 1.82) is 0 Å². The fraction of sp³-hybridized carbons (Fsp3) is 0.143. The van der Waals surface area contributed by atoms with Gasteiger partial charge in [0.15, 0.2) is 0 Å². The normalized spacial score (nSPS) is 10.4. The van der Waals surface area contributed by atoms with Gasteiger partial charge in [-0.1, -0.05) is 6.07 Å². The minimum absolute atomic E-state index is 0.0100. The first kappa shape index (κ1) is 14.0. The van der Waals surface area contributed by atoms with Crippen LogP contribution < -0.4 is 15.8 Å². The molecule has 0 amide bonds. The highest BCUT2D eigenvalue weighted by Crippen LogP contribution is 2.28. The third-order valence-corrected chi connectivity index (χ3v) is 2.80. The van der Waals surface area contributed by atoms with Crippen LogP contribution in [0.15, 0.2) is 30.3 Å². The van der Waals surface area contributed by atoms with E-state index < -0.39 is 17.5 Å². The van der Waals surface area contributed by atoms with Gasteiger partial charge in [0.1, 0.15) is 23.2 Å². The molecule has 0 aliphatic carbocycles. The molecule has 2 rings (SSSR count). The van der Waals surface area contributed by atoms with Crippen LogP contribution in [0.3, 0.4) is 0 Å². The van der Waals surface area contributed by atoms with Crippen molar-refractivity contribution in [2.45, 2.75) is 6.54 Å². The lowest BCUT2D eigenvalue weighted by Gasteiger charge is -2.11. The first-order valence-corrected chi connectivity index (χ1v) is 5.82. The molecule has 0 saturated heterocycles. The van der Waals surface area contributed by atoms with Crippen LogP contribution in [0.2, 0.25) is 0 Å². The van der Waals surface area contributed by atoms with Crippen LogP contribution >= 0.6 is 0 Å². The molecule has 20 heavy (non-hydrogen) atoms. The third kappa shape index (κ3) is 2.96. The maximum absolute atomic E-state index is 13.7. The van der Waals surface area contributed by atoms with E-state index in [2.05, 4.69) is 5.32 Å². The van der Waals surface area contributed by atoms with Gasteiger partial charge in [-0.25, -0.2) is 13.2 Å². The van der Waals surface area contributed by atoms with E-state index in [1.807, 2.05) is 0 Å². The van der Waals surface area contributed by atoms with Crippen molar-refractivity contribution in [3.63, 3.8) is 0 Å². The smallest absolute Gasteiger partial charge is 0.148 e. The molecule has 0 saturated carbocycles. The number of hydrogen-bond donors (Lipinski definition) is 2. The Hall–Kier alpha value is -2.37. The van der Waals surface area contributed by atoms with Gasteiger partial charge in [0.05, 0.1) is 18.5 Å². The molecule has 2 aromatic rings. The van der Waals surface area contributed by atoms with Crippen molar-refractivity contribution in [2.24, 2.45) is 0 Å². The summed E-state index contributed by atoms with van der Waals surface area (Å²) < 4.78 is 44.9. The minimum Gasteiger partial charge on any atom is -0.495 e. The van der Waals surface area contributed by atoms with E-state index in [0.29, 0.717) is 5.75 Å². The number of halogens is 3. The number of nitrogens with two attached hydrogens (primary N) is 1. The average Bonchev–Trinajstić information content (AvgIpc) is 2.39. The maximum Gasteiger partial charge on any atom is 0.148 e. The van der Waals surface area contributed by atoms with Crippen LogP contribution in [0.5, 0.6) is 5.75 Å². The lowest BCUT2D eigenvalue weighted by atomic mass is 10.2. The summed E-state index contributed by atoms with van der Waals surface area (Å²) in [4.78, 5) is 0. The highest BCUT2D eigenvalue weighted by Gasteiger charge is 2.09. The van der Waals surface area contributed by atoms with Gasteiger partial charge in [-0.15, -0.1) is 0 Å². The van der Waals surface area contributed by atoms with Crippen molar-refractivity contribution in [1.82, 2.24) is 0 Å². The van der Waals surface area contributed by atoms with Crippen LogP contribution in [0.25, 0.3) is 0 Å². The summed E-state index contributed by atoms with van der Waals surface area (Å²) in [6, 6.07) is 5.70. The van der Waals surface area contributed by atoms with Crippen molar-refractivity contribution < 1.29 is 17.9 Å². The van der Waals surface area contributed by atoms with Crippen LogP contribution in [0.4, 0.5) is 24.5 Å². The van der Waals surface area contributed by atoms with Gasteiger partial charge < -0.3 is 15.8 Å². The largest absolute Gasteiger partial charge is 0.495 e. The van der Waals surface area contributed by atoms with E-state index in [-0.39, 0.29) is 23.5 Å². The van der Waals surface area contributed by atoms with E-state index >= 15 is 0 Å². The molecule has 106 valence electrons. The number of anilines is 2. The summed E-state index contributed by atoms with van der Waals surface area (Å²) in [6.45, 7) is 0.0100. The van der Waals surface area contributed by atoms with Crippen LogP contribution in [0, 0.1) is 17.5 Å². The summed E-state index contributed by atoms with van der Waals surface area (Å²) >= 11 is 0. The van der Waals surface area contributed by atoms with E-state index in [1.54, 1.807) is 0 Å². The Bertz CT molecular complexity index is 632. The summed E-state index contributed by atoms with van der Waals surface area (Å²) in [5, 5.41) is 2.72. The number of rotatable bonds is 4. The Morgan fingerprint density at radius 1 is 1.10 bits per heavy atom. The molecular formula is C14H13F3N2O. The molecule has 0 radical (unpaired) electrons. The number of nitrogen functional groups attached to an aromatic ring is 1. The monoisotopic (exact) mass is 282 g/mol. The van der Waals surface area contributed by atoms with Gasteiger partial charge >= 0.3 is 0 Å². The van der Waals surface area contributed by atoms with Gasteiger partial charge in [-0.2, -0.15) is 0 Å². The van der Waals surface area contributed by atoms with E-state index in [0.717, 1.165) is 18.2 Å². The maximum atomic E-state index is 13.7. The average molecular weight is 282 g/mol. The van der Waals surface area contributed by atoms with Gasteiger partial charge in [-0.05, 0) is 6.07 Å². The Labute approximate surface area is 114 Å². The van der Waals surface area contributed by atoms with Crippen LogP contribution in [-0.4, -0.2) is 7.11 Å². The second kappa shape index (κ2) is 5.73. The topological polar surface area (TPSA) is 47.3 Å². The molecule has 0 heterocycles. The summed E-state index contributed by atoms with van der Waals surface area (Å²) in [6.07, 6.45) is 0. The first-order chi connectivity index (χ1) is 9.51. The summed E-state index contributed by atoms with van der Waals surface area (Å²) in [5.41, 5.74) is 6.07. The molecule has 0 aliphatic rings. The van der Waals surface area contributed by atoms with Crippen molar-refractivity contribution >= 4 is 11.4 Å². The lowest BCUT2D eigenvalue weighted by molar-refractivity contribution is 0.416. The molecule has 0 aromatic heterocycles. The second-order valence-corrected chi connectivity index (χ2v) is 4.16. The zero-order chi connectivity index (χ0) is 14.7. The van der Waals surface area contributed by atoms with E-state index in [9.17, 15) is 13.2 Å². The summed E-state index contributed by atoms with van der Waals surface area (Å²) in [7, 11) is 1.41. The number of benzene rings is 2. The molecule has 0 bridgehead atoms. The molecular weight excluding hydrogens is 269 g/mol. The fourth-order valence-electron chi connectivity index (χ4n) is 1.74. The van der Waals surface area contributed by atoms with E-state index in [1.165, 1.54) is 19.2 Å². The Balaban J connectivity index is 2.18. The second-order valence-electron chi connectivity index (χ2n) is 4.16. The highest BCUT2D eigenvalue weighted by atomic mass is 19.1. The van der Waals surface area contributed by atoms with E-state index in [4.69, 9.17) is 10.5 Å². The number of nitrogens with one attached hydrogen (secondary N) is 1. The van der Waals surface area contributed by atoms with Gasteiger partial charge in [0, 0.05) is 30.3 Å². The predicted molar refractivity (Wildman–Crippen MR) is 71.0 cm³/mol. The Morgan fingerprint density at radius 3 is 2.50 bits per heavy atom. The molecule has 3 nitrogen and oxygen atoms in total. The Kier molecular flexibility index (Phi) is 4.02. The van der Waals surface area contributed by atoms with Crippen molar-refractivity contribution in [3.8, 4) is 5.75 Å². The molecule has 0 unspecified atom stereocenters.